The van der Waals surface area contributed by atoms with Crippen LogP contribution >= 0.6 is 0 Å². The number of fused-ring (bicyclic) bond motifs is 1. The van der Waals surface area contributed by atoms with Gasteiger partial charge in [0.25, 0.3) is 0 Å². The Bertz CT molecular complexity index is 291. The van der Waals surface area contributed by atoms with Crippen molar-refractivity contribution >= 4 is 11.5 Å². The number of aliphatic imine (C=N–C) groups is 1. The first-order valence-corrected chi connectivity index (χ1v) is 6.14. The standard InChI is InChI=1S/C13H19NO/c15-11-7-5-3-1-2-4-6-8-12-13(14-12)10-9-11/h9-10,13H,1-8H2/b10-9+. The molecule has 1 unspecified atom stereocenters. The summed E-state index contributed by atoms with van der Waals surface area (Å²) in [6.07, 6.45) is 13.0. The molecular weight excluding hydrogens is 186 g/mol. The Labute approximate surface area is 91.5 Å². The first-order valence-electron chi connectivity index (χ1n) is 6.14. The molecule has 2 heteroatoms. The van der Waals surface area contributed by atoms with E-state index in [0.717, 1.165) is 19.3 Å². The predicted molar refractivity (Wildman–Crippen MR) is 62.3 cm³/mol. The number of carbonyl (C=O) groups is 1. The van der Waals surface area contributed by atoms with E-state index in [1.165, 1.54) is 37.8 Å². The Hall–Kier alpha value is -0.920. The predicted octanol–water partition coefficient (Wildman–Crippen LogP) is 3.07. The van der Waals surface area contributed by atoms with Gasteiger partial charge in [0.2, 0.25) is 0 Å². The van der Waals surface area contributed by atoms with E-state index in [2.05, 4.69) is 4.99 Å². The number of allylic oxidation sites excluding steroid dienone is 1. The van der Waals surface area contributed by atoms with Crippen LogP contribution in [-0.2, 0) is 4.79 Å². The van der Waals surface area contributed by atoms with Crippen molar-refractivity contribution in [2.45, 2.75) is 57.4 Å². The lowest BCUT2D eigenvalue weighted by Crippen LogP contribution is -1.96. The average Bonchev–Trinajstić information content (AvgIpc) is 2.97. The lowest BCUT2D eigenvalue weighted by atomic mass is 10.1. The molecule has 2 rings (SSSR count). The second-order valence-corrected chi connectivity index (χ2v) is 4.51. The van der Waals surface area contributed by atoms with Crippen LogP contribution in [0.25, 0.3) is 0 Å². The van der Waals surface area contributed by atoms with E-state index in [1.807, 2.05) is 6.08 Å². The second-order valence-electron chi connectivity index (χ2n) is 4.51. The lowest BCUT2D eigenvalue weighted by molar-refractivity contribution is -0.114. The minimum atomic E-state index is 0.274. The van der Waals surface area contributed by atoms with Crippen LogP contribution in [0.2, 0.25) is 0 Å². The van der Waals surface area contributed by atoms with E-state index in [-0.39, 0.29) is 11.8 Å². The molecule has 0 spiro atoms. The molecule has 0 saturated carbocycles. The summed E-state index contributed by atoms with van der Waals surface area (Å²) in [5.74, 6) is 0.274. The van der Waals surface area contributed by atoms with Crippen LogP contribution in [0.5, 0.6) is 0 Å². The molecule has 1 aliphatic heterocycles. The van der Waals surface area contributed by atoms with Gasteiger partial charge in [-0.2, -0.15) is 0 Å². The average molecular weight is 205 g/mol. The number of hydrogen-bond donors (Lipinski definition) is 0. The largest absolute Gasteiger partial charge is 0.295 e. The molecule has 2 nitrogen and oxygen atoms in total. The Kier molecular flexibility index (Phi) is 3.70. The maximum Gasteiger partial charge on any atom is 0.155 e. The van der Waals surface area contributed by atoms with Gasteiger partial charge in [-0.3, -0.25) is 9.79 Å². The van der Waals surface area contributed by atoms with Crippen molar-refractivity contribution in [3.8, 4) is 0 Å². The van der Waals surface area contributed by atoms with Gasteiger partial charge in [-0.25, -0.2) is 0 Å². The van der Waals surface area contributed by atoms with Gasteiger partial charge in [0, 0.05) is 12.1 Å². The first kappa shape index (κ1) is 10.6. The van der Waals surface area contributed by atoms with Gasteiger partial charge in [0.05, 0.1) is 0 Å². The Balaban J connectivity index is 1.82. The van der Waals surface area contributed by atoms with Gasteiger partial charge in [0.15, 0.2) is 5.78 Å². The van der Waals surface area contributed by atoms with Crippen molar-refractivity contribution in [2.75, 3.05) is 0 Å². The third-order valence-electron chi connectivity index (χ3n) is 3.15. The quantitative estimate of drug-likeness (QED) is 0.597. The molecule has 0 bridgehead atoms. The van der Waals surface area contributed by atoms with Crippen molar-refractivity contribution in [3.05, 3.63) is 12.2 Å². The summed E-state index contributed by atoms with van der Waals surface area (Å²) < 4.78 is 0. The topological polar surface area (TPSA) is 29.4 Å². The fourth-order valence-corrected chi connectivity index (χ4v) is 2.10. The molecule has 1 atom stereocenters. The van der Waals surface area contributed by atoms with Crippen LogP contribution in [-0.4, -0.2) is 17.5 Å². The van der Waals surface area contributed by atoms with Crippen molar-refractivity contribution in [1.82, 2.24) is 0 Å². The molecule has 15 heavy (non-hydrogen) atoms. The van der Waals surface area contributed by atoms with Crippen molar-refractivity contribution in [3.63, 3.8) is 0 Å². The fourth-order valence-electron chi connectivity index (χ4n) is 2.10. The molecule has 0 aromatic carbocycles. The number of carbonyl (C=O) groups excluding carboxylic acids is 1. The van der Waals surface area contributed by atoms with Crippen LogP contribution in [0.15, 0.2) is 17.1 Å². The van der Waals surface area contributed by atoms with E-state index in [4.69, 9.17) is 0 Å². The fraction of sp³-hybridized carbons (Fsp3) is 0.692. The van der Waals surface area contributed by atoms with Crippen molar-refractivity contribution in [2.24, 2.45) is 4.99 Å². The molecular formula is C13H19NO. The zero-order valence-electron chi connectivity index (χ0n) is 9.24. The summed E-state index contributed by atoms with van der Waals surface area (Å²) >= 11 is 0. The molecule has 0 aromatic rings. The highest BCUT2D eigenvalue weighted by molar-refractivity contribution is 6.03. The second kappa shape index (κ2) is 5.24. The number of nitrogens with zero attached hydrogens (tertiary/aromatic N) is 1. The van der Waals surface area contributed by atoms with Crippen LogP contribution in [0.4, 0.5) is 0 Å². The monoisotopic (exact) mass is 205 g/mol. The van der Waals surface area contributed by atoms with Gasteiger partial charge < -0.3 is 0 Å². The van der Waals surface area contributed by atoms with Gasteiger partial charge in [-0.1, -0.05) is 31.8 Å². The number of rotatable bonds is 0. The van der Waals surface area contributed by atoms with E-state index in [9.17, 15) is 4.79 Å². The van der Waals surface area contributed by atoms with Gasteiger partial charge >= 0.3 is 0 Å². The molecule has 0 saturated heterocycles. The summed E-state index contributed by atoms with van der Waals surface area (Å²) in [4.78, 5) is 15.8. The van der Waals surface area contributed by atoms with Crippen molar-refractivity contribution < 1.29 is 4.79 Å². The summed E-state index contributed by atoms with van der Waals surface area (Å²) in [7, 11) is 0. The van der Waals surface area contributed by atoms with Gasteiger partial charge in [-0.05, 0) is 25.3 Å². The normalized spacial score (nSPS) is 30.3. The Morgan fingerprint density at radius 3 is 2.47 bits per heavy atom. The molecule has 82 valence electrons. The minimum absolute atomic E-state index is 0.274. The highest BCUT2D eigenvalue weighted by Crippen LogP contribution is 2.20. The molecule has 1 heterocycles. The SMILES string of the molecule is O=C1/C=C/C2N=C2CCCCCCCC1. The molecule has 0 fully saturated rings. The van der Waals surface area contributed by atoms with E-state index in [1.54, 1.807) is 6.08 Å². The third-order valence-corrected chi connectivity index (χ3v) is 3.15. The highest BCUT2D eigenvalue weighted by Gasteiger charge is 2.23. The molecule has 1 aliphatic carbocycles. The maximum atomic E-state index is 11.4. The molecule has 0 aromatic heterocycles. The molecule has 0 amide bonds. The van der Waals surface area contributed by atoms with Gasteiger partial charge in [-0.15, -0.1) is 0 Å². The first-order chi connectivity index (χ1) is 7.36. The Morgan fingerprint density at radius 2 is 1.67 bits per heavy atom. The molecule has 2 aliphatic rings. The summed E-state index contributed by atoms with van der Waals surface area (Å²) in [6, 6.07) is 0.287. The summed E-state index contributed by atoms with van der Waals surface area (Å²) in [6.45, 7) is 0. The highest BCUT2D eigenvalue weighted by atomic mass is 16.1. The van der Waals surface area contributed by atoms with E-state index in [0.29, 0.717) is 0 Å². The van der Waals surface area contributed by atoms with E-state index >= 15 is 0 Å². The molecule has 0 radical (unpaired) electrons. The minimum Gasteiger partial charge on any atom is -0.295 e. The van der Waals surface area contributed by atoms with Crippen LogP contribution < -0.4 is 0 Å². The zero-order chi connectivity index (χ0) is 10.5. The van der Waals surface area contributed by atoms with Crippen LogP contribution in [0.3, 0.4) is 0 Å². The zero-order valence-corrected chi connectivity index (χ0v) is 9.24. The maximum absolute atomic E-state index is 11.4. The van der Waals surface area contributed by atoms with Gasteiger partial charge in [0.1, 0.15) is 6.04 Å². The van der Waals surface area contributed by atoms with Crippen molar-refractivity contribution in [1.29, 1.82) is 0 Å². The third kappa shape index (κ3) is 3.61. The lowest BCUT2D eigenvalue weighted by Gasteiger charge is -1.99. The van der Waals surface area contributed by atoms with E-state index < -0.39 is 0 Å². The number of hydrogen-bond acceptors (Lipinski definition) is 2. The molecule has 0 N–H and O–H groups in total. The Morgan fingerprint density at radius 1 is 1.00 bits per heavy atom. The summed E-state index contributed by atoms with van der Waals surface area (Å²) in [5.41, 5.74) is 1.30. The van der Waals surface area contributed by atoms with Crippen LogP contribution in [0, 0.1) is 0 Å². The number of ketones is 1. The smallest absolute Gasteiger partial charge is 0.155 e. The van der Waals surface area contributed by atoms with Crippen LogP contribution in [0.1, 0.15) is 51.4 Å². The summed E-state index contributed by atoms with van der Waals surface area (Å²) in [5, 5.41) is 0.